The Balaban J connectivity index is 2.06. The first-order chi connectivity index (χ1) is 9.16. The summed E-state index contributed by atoms with van der Waals surface area (Å²) in [7, 11) is 0. The molecule has 0 spiro atoms. The Morgan fingerprint density at radius 1 is 1.32 bits per heavy atom. The molecule has 0 radical (unpaired) electrons. The maximum atomic E-state index is 12.4. The molecule has 1 aliphatic heterocycles. The summed E-state index contributed by atoms with van der Waals surface area (Å²) in [6.45, 7) is 0.404. The number of rotatable bonds is 1. The quantitative estimate of drug-likeness (QED) is 0.804. The van der Waals surface area contributed by atoms with E-state index in [0.29, 0.717) is 34.8 Å². The van der Waals surface area contributed by atoms with Crippen molar-refractivity contribution in [3.63, 3.8) is 0 Å². The molecule has 0 atom stereocenters. The van der Waals surface area contributed by atoms with Crippen LogP contribution in [0.4, 0.5) is 5.69 Å². The third-order valence-electron chi connectivity index (χ3n) is 3.13. The fourth-order valence-corrected chi connectivity index (χ4v) is 2.98. The van der Waals surface area contributed by atoms with Crippen molar-refractivity contribution >= 4 is 40.3 Å². The van der Waals surface area contributed by atoms with Crippen molar-refractivity contribution in [1.29, 1.82) is 0 Å². The van der Waals surface area contributed by atoms with Gasteiger partial charge in [0, 0.05) is 28.9 Å². The lowest BCUT2D eigenvalue weighted by molar-refractivity contribution is 0.0955. The molecule has 0 bridgehead atoms. The second-order valence-corrected chi connectivity index (χ2v) is 5.52. The number of carbonyl (C=O) groups excluding carboxylic acids is 2. The number of Topliss-reactive ketones (excluding diaryl/α,β-unsaturated/α-hetero) is 1. The zero-order valence-corrected chi connectivity index (χ0v) is 11.5. The van der Waals surface area contributed by atoms with Crippen molar-refractivity contribution in [1.82, 2.24) is 0 Å². The van der Waals surface area contributed by atoms with Gasteiger partial charge in [-0.3, -0.25) is 9.59 Å². The van der Waals surface area contributed by atoms with Crippen LogP contribution in [0.25, 0.3) is 0 Å². The molecule has 1 aromatic heterocycles. The number of hydrogen-bond donors (Lipinski definition) is 0. The standard InChI is InChI=1S/C14H10ClNO2S/c15-10-1-2-11-12(7-10)16(5-3-13(11)17)14(18)9-4-6-19-8-9/h1-2,4,6-8H,3,5H2. The second kappa shape index (κ2) is 4.79. The van der Waals surface area contributed by atoms with Crippen molar-refractivity contribution in [3.8, 4) is 0 Å². The minimum Gasteiger partial charge on any atom is -0.307 e. The lowest BCUT2D eigenvalue weighted by atomic mass is 10.00. The van der Waals surface area contributed by atoms with E-state index in [2.05, 4.69) is 0 Å². The highest BCUT2D eigenvalue weighted by Gasteiger charge is 2.28. The van der Waals surface area contributed by atoms with Crippen LogP contribution in [0.2, 0.25) is 5.02 Å². The maximum absolute atomic E-state index is 12.4. The average molecular weight is 292 g/mol. The van der Waals surface area contributed by atoms with Gasteiger partial charge in [0.2, 0.25) is 0 Å². The number of amides is 1. The van der Waals surface area contributed by atoms with E-state index in [0.717, 1.165) is 0 Å². The summed E-state index contributed by atoms with van der Waals surface area (Å²) in [5.74, 6) is -0.0294. The zero-order chi connectivity index (χ0) is 13.4. The number of ketones is 1. The molecule has 1 aromatic carbocycles. The van der Waals surface area contributed by atoms with Gasteiger partial charge in [-0.1, -0.05) is 11.6 Å². The van der Waals surface area contributed by atoms with Crippen LogP contribution in [0.5, 0.6) is 0 Å². The van der Waals surface area contributed by atoms with Crippen molar-refractivity contribution in [2.45, 2.75) is 6.42 Å². The highest BCUT2D eigenvalue weighted by Crippen LogP contribution is 2.31. The highest BCUT2D eigenvalue weighted by atomic mass is 35.5. The number of carbonyl (C=O) groups is 2. The molecular weight excluding hydrogens is 282 g/mol. The van der Waals surface area contributed by atoms with Crippen molar-refractivity contribution < 1.29 is 9.59 Å². The van der Waals surface area contributed by atoms with Gasteiger partial charge in [0.25, 0.3) is 5.91 Å². The summed E-state index contributed by atoms with van der Waals surface area (Å²) in [5, 5.41) is 4.20. The second-order valence-electron chi connectivity index (χ2n) is 4.30. The minimum atomic E-state index is -0.0859. The van der Waals surface area contributed by atoms with Gasteiger partial charge in [0.15, 0.2) is 5.78 Å². The highest BCUT2D eigenvalue weighted by molar-refractivity contribution is 7.08. The van der Waals surface area contributed by atoms with E-state index in [9.17, 15) is 9.59 Å². The van der Waals surface area contributed by atoms with Gasteiger partial charge in [0.05, 0.1) is 11.3 Å². The van der Waals surface area contributed by atoms with E-state index in [4.69, 9.17) is 11.6 Å². The number of halogens is 1. The Kier molecular flexibility index (Phi) is 3.12. The van der Waals surface area contributed by atoms with Crippen molar-refractivity contribution in [3.05, 3.63) is 51.2 Å². The molecule has 0 saturated heterocycles. The van der Waals surface area contributed by atoms with Crippen LogP contribution in [0.15, 0.2) is 35.0 Å². The van der Waals surface area contributed by atoms with E-state index in [-0.39, 0.29) is 11.7 Å². The number of hydrogen-bond acceptors (Lipinski definition) is 3. The lowest BCUT2D eigenvalue weighted by Gasteiger charge is -2.28. The molecule has 96 valence electrons. The largest absolute Gasteiger partial charge is 0.307 e. The van der Waals surface area contributed by atoms with Crippen LogP contribution in [0.1, 0.15) is 27.1 Å². The minimum absolute atomic E-state index is 0.0565. The van der Waals surface area contributed by atoms with Crippen LogP contribution in [-0.2, 0) is 0 Å². The van der Waals surface area contributed by atoms with Gasteiger partial charge in [-0.25, -0.2) is 0 Å². The lowest BCUT2D eigenvalue weighted by Crippen LogP contribution is -2.37. The smallest absolute Gasteiger partial charge is 0.259 e. The van der Waals surface area contributed by atoms with E-state index < -0.39 is 0 Å². The van der Waals surface area contributed by atoms with Gasteiger partial charge in [-0.2, -0.15) is 11.3 Å². The first-order valence-electron chi connectivity index (χ1n) is 5.83. The molecule has 5 heteroatoms. The van der Waals surface area contributed by atoms with Crippen LogP contribution in [-0.4, -0.2) is 18.2 Å². The SMILES string of the molecule is O=C1CCN(C(=O)c2ccsc2)c2cc(Cl)ccc21. The molecule has 1 aliphatic rings. The van der Waals surface area contributed by atoms with Gasteiger partial charge in [0.1, 0.15) is 0 Å². The fourth-order valence-electron chi connectivity index (χ4n) is 2.19. The molecule has 3 nitrogen and oxygen atoms in total. The van der Waals surface area contributed by atoms with Gasteiger partial charge in [-0.05, 0) is 29.6 Å². The third-order valence-corrected chi connectivity index (χ3v) is 4.05. The first-order valence-corrected chi connectivity index (χ1v) is 7.16. The molecule has 0 saturated carbocycles. The molecule has 1 amide bonds. The Morgan fingerprint density at radius 3 is 2.89 bits per heavy atom. The van der Waals surface area contributed by atoms with Gasteiger partial charge >= 0.3 is 0 Å². The van der Waals surface area contributed by atoms with Crippen LogP contribution >= 0.6 is 22.9 Å². The molecule has 0 fully saturated rings. The monoisotopic (exact) mass is 291 g/mol. The molecule has 3 rings (SSSR count). The number of benzene rings is 1. The first kappa shape index (κ1) is 12.4. The van der Waals surface area contributed by atoms with Crippen LogP contribution < -0.4 is 4.90 Å². The van der Waals surface area contributed by atoms with Crippen molar-refractivity contribution in [2.24, 2.45) is 0 Å². The predicted molar refractivity (Wildman–Crippen MR) is 76.4 cm³/mol. The summed E-state index contributed by atoms with van der Waals surface area (Å²) in [5.41, 5.74) is 1.82. The average Bonchev–Trinajstić information content (AvgIpc) is 2.92. The normalized spacial score (nSPS) is 14.4. The molecule has 2 heterocycles. The Hall–Kier alpha value is -1.65. The maximum Gasteiger partial charge on any atom is 0.259 e. The number of nitrogens with zero attached hydrogens (tertiary/aromatic N) is 1. The fraction of sp³-hybridized carbons (Fsp3) is 0.143. The van der Waals surface area contributed by atoms with Gasteiger partial charge in [-0.15, -0.1) is 0 Å². The molecule has 2 aromatic rings. The topological polar surface area (TPSA) is 37.4 Å². The van der Waals surface area contributed by atoms with E-state index >= 15 is 0 Å². The molecule has 0 N–H and O–H groups in total. The number of fused-ring (bicyclic) bond motifs is 1. The Bertz CT molecular complexity index is 651. The summed E-state index contributed by atoms with van der Waals surface area (Å²) in [6, 6.07) is 6.83. The molecular formula is C14H10ClNO2S. The predicted octanol–water partition coefficient (Wildman–Crippen LogP) is 3.63. The van der Waals surface area contributed by atoms with E-state index in [1.54, 1.807) is 29.2 Å². The molecule has 0 aliphatic carbocycles. The van der Waals surface area contributed by atoms with E-state index in [1.165, 1.54) is 11.3 Å². The van der Waals surface area contributed by atoms with Crippen LogP contribution in [0.3, 0.4) is 0 Å². The Morgan fingerprint density at radius 2 is 2.16 bits per heavy atom. The summed E-state index contributed by atoms with van der Waals surface area (Å²) < 4.78 is 0. The number of thiophene rings is 1. The Labute approximate surface area is 119 Å². The van der Waals surface area contributed by atoms with Gasteiger partial charge < -0.3 is 4.90 Å². The van der Waals surface area contributed by atoms with Crippen LogP contribution in [0, 0.1) is 0 Å². The third kappa shape index (κ3) is 2.17. The molecule has 0 unspecified atom stereocenters. The summed E-state index contributed by atoms with van der Waals surface area (Å²) in [4.78, 5) is 25.9. The van der Waals surface area contributed by atoms with Crippen molar-refractivity contribution in [2.75, 3.05) is 11.4 Å². The summed E-state index contributed by atoms with van der Waals surface area (Å²) in [6.07, 6.45) is 0.352. The summed E-state index contributed by atoms with van der Waals surface area (Å²) >= 11 is 7.45. The van der Waals surface area contributed by atoms with E-state index in [1.807, 2.05) is 10.8 Å². The number of anilines is 1. The molecule has 19 heavy (non-hydrogen) atoms. The zero-order valence-electron chi connectivity index (χ0n) is 9.93.